The van der Waals surface area contributed by atoms with Crippen molar-refractivity contribution in [3.8, 4) is 0 Å². The Balaban J connectivity index is 3.19. The molecule has 0 aromatic heterocycles. The molecule has 12 heavy (non-hydrogen) atoms. The summed E-state index contributed by atoms with van der Waals surface area (Å²) in [4.78, 5) is 20.6. The van der Waals surface area contributed by atoms with E-state index in [1.165, 1.54) is 0 Å². The second kappa shape index (κ2) is 6.60. The van der Waals surface area contributed by atoms with Crippen LogP contribution in [0.3, 0.4) is 0 Å². The molecule has 0 bridgehead atoms. The van der Waals surface area contributed by atoms with Gasteiger partial charge in [0.15, 0.2) is 0 Å². The largest absolute Gasteiger partial charge is 0.481 e. The van der Waals surface area contributed by atoms with E-state index < -0.39 is 5.97 Å². The number of aliphatic carboxylic acids is 1. The first kappa shape index (κ1) is 10.9. The highest BCUT2D eigenvalue weighted by molar-refractivity contribution is 5.69. The minimum atomic E-state index is -0.884. The number of rotatable bonds is 6. The van der Waals surface area contributed by atoms with Crippen LogP contribution in [0.4, 0.5) is 0 Å². The molecular formula is C7H13NO4. The van der Waals surface area contributed by atoms with Gasteiger partial charge < -0.3 is 15.6 Å². The number of hydrogen-bond donors (Lipinski definition) is 2. The van der Waals surface area contributed by atoms with Gasteiger partial charge in [-0.2, -0.15) is 0 Å². The Morgan fingerprint density at radius 3 is 2.50 bits per heavy atom. The standard InChI is InChI=1S/C7H13NO4/c8-4-3-7(11)12-5-1-2-6(9)10/h1-5,8H2,(H,9,10). The number of ether oxygens (including phenoxy) is 1. The van der Waals surface area contributed by atoms with Crippen LogP contribution in [0.5, 0.6) is 0 Å². The van der Waals surface area contributed by atoms with Crippen molar-refractivity contribution in [1.29, 1.82) is 0 Å². The van der Waals surface area contributed by atoms with Crippen LogP contribution in [0.15, 0.2) is 0 Å². The molecule has 0 aromatic carbocycles. The molecule has 0 aromatic rings. The second-order valence-electron chi connectivity index (χ2n) is 2.26. The first-order valence-corrected chi connectivity index (χ1v) is 3.74. The highest BCUT2D eigenvalue weighted by Gasteiger charge is 2.01. The Kier molecular flexibility index (Phi) is 6.00. The average Bonchev–Trinajstić information content (AvgIpc) is 1.98. The summed E-state index contributed by atoms with van der Waals surface area (Å²) in [6.07, 6.45) is 0.564. The van der Waals surface area contributed by atoms with Gasteiger partial charge in [-0.25, -0.2) is 0 Å². The van der Waals surface area contributed by atoms with E-state index in [0.717, 1.165) is 0 Å². The van der Waals surface area contributed by atoms with Crippen molar-refractivity contribution < 1.29 is 19.4 Å². The average molecular weight is 175 g/mol. The zero-order valence-electron chi connectivity index (χ0n) is 6.78. The van der Waals surface area contributed by atoms with Crippen molar-refractivity contribution >= 4 is 11.9 Å². The van der Waals surface area contributed by atoms with Gasteiger partial charge in [0.2, 0.25) is 0 Å². The number of nitrogens with two attached hydrogens (primary N) is 1. The van der Waals surface area contributed by atoms with Crippen LogP contribution in [0.25, 0.3) is 0 Å². The number of carbonyl (C=O) groups excluding carboxylic acids is 1. The maximum atomic E-state index is 10.6. The molecule has 0 rings (SSSR count). The molecule has 0 radical (unpaired) electrons. The predicted molar refractivity (Wildman–Crippen MR) is 41.5 cm³/mol. The molecule has 0 atom stereocenters. The first-order valence-electron chi connectivity index (χ1n) is 3.74. The molecule has 5 nitrogen and oxygen atoms in total. The number of hydrogen-bond acceptors (Lipinski definition) is 4. The Morgan fingerprint density at radius 2 is 2.00 bits per heavy atom. The summed E-state index contributed by atoms with van der Waals surface area (Å²) in [6, 6.07) is 0. The van der Waals surface area contributed by atoms with Crippen LogP contribution in [-0.2, 0) is 14.3 Å². The summed E-state index contributed by atoms with van der Waals surface area (Å²) < 4.78 is 4.65. The Hall–Kier alpha value is -1.10. The summed E-state index contributed by atoms with van der Waals surface area (Å²) in [5, 5.41) is 8.22. The quantitative estimate of drug-likeness (QED) is 0.429. The third-order valence-corrected chi connectivity index (χ3v) is 1.15. The maximum absolute atomic E-state index is 10.6. The molecule has 0 saturated heterocycles. The summed E-state index contributed by atoms with van der Waals surface area (Å²) >= 11 is 0. The molecule has 70 valence electrons. The van der Waals surface area contributed by atoms with Crippen LogP contribution < -0.4 is 5.73 Å². The fraction of sp³-hybridized carbons (Fsp3) is 0.714. The van der Waals surface area contributed by atoms with Crippen molar-refractivity contribution in [3.05, 3.63) is 0 Å². The molecule has 0 aliphatic rings. The van der Waals surface area contributed by atoms with Gasteiger partial charge in [-0.05, 0) is 6.42 Å². The third-order valence-electron chi connectivity index (χ3n) is 1.15. The van der Waals surface area contributed by atoms with Gasteiger partial charge in [-0.3, -0.25) is 9.59 Å². The lowest BCUT2D eigenvalue weighted by molar-refractivity contribution is -0.145. The summed E-state index contributed by atoms with van der Waals surface area (Å²) in [6.45, 7) is 0.420. The van der Waals surface area contributed by atoms with Crippen LogP contribution in [0.1, 0.15) is 19.3 Å². The van der Waals surface area contributed by atoms with E-state index in [0.29, 0.717) is 6.42 Å². The van der Waals surface area contributed by atoms with E-state index in [1.54, 1.807) is 0 Å². The van der Waals surface area contributed by atoms with E-state index in [-0.39, 0.29) is 32.0 Å². The predicted octanol–water partition coefficient (Wildman–Crippen LogP) is -0.257. The molecule has 0 saturated carbocycles. The summed E-state index contributed by atoms with van der Waals surface area (Å²) in [5.74, 6) is -1.26. The lowest BCUT2D eigenvalue weighted by Gasteiger charge is -2.01. The topological polar surface area (TPSA) is 89.6 Å². The van der Waals surface area contributed by atoms with E-state index in [4.69, 9.17) is 10.8 Å². The number of esters is 1. The van der Waals surface area contributed by atoms with Crippen molar-refractivity contribution in [2.24, 2.45) is 5.73 Å². The zero-order chi connectivity index (χ0) is 9.40. The smallest absolute Gasteiger partial charge is 0.307 e. The fourth-order valence-corrected chi connectivity index (χ4v) is 0.599. The molecule has 0 amide bonds. The highest BCUT2D eigenvalue weighted by atomic mass is 16.5. The van der Waals surface area contributed by atoms with E-state index in [2.05, 4.69) is 4.74 Å². The third kappa shape index (κ3) is 7.01. The lowest BCUT2D eigenvalue weighted by atomic mass is 10.3. The van der Waals surface area contributed by atoms with Gasteiger partial charge in [0.1, 0.15) is 0 Å². The van der Waals surface area contributed by atoms with Crippen molar-refractivity contribution in [1.82, 2.24) is 0 Å². The molecule has 5 heteroatoms. The Morgan fingerprint density at radius 1 is 1.33 bits per heavy atom. The number of carbonyl (C=O) groups is 2. The van der Waals surface area contributed by atoms with Gasteiger partial charge in [0.05, 0.1) is 13.0 Å². The Bertz CT molecular complexity index is 157. The molecular weight excluding hydrogens is 162 g/mol. The van der Waals surface area contributed by atoms with Gasteiger partial charge in [-0.15, -0.1) is 0 Å². The van der Waals surface area contributed by atoms with Crippen LogP contribution in [0, 0.1) is 0 Å². The van der Waals surface area contributed by atoms with Gasteiger partial charge in [0, 0.05) is 13.0 Å². The van der Waals surface area contributed by atoms with Crippen LogP contribution in [-0.4, -0.2) is 30.2 Å². The minimum Gasteiger partial charge on any atom is -0.481 e. The molecule has 0 fully saturated rings. The fourth-order valence-electron chi connectivity index (χ4n) is 0.599. The zero-order valence-corrected chi connectivity index (χ0v) is 6.78. The molecule has 0 heterocycles. The van der Waals surface area contributed by atoms with Crippen molar-refractivity contribution in [2.75, 3.05) is 13.2 Å². The summed E-state index contributed by atoms with van der Waals surface area (Å²) in [5.41, 5.74) is 5.09. The lowest BCUT2D eigenvalue weighted by Crippen LogP contribution is -2.12. The first-order chi connectivity index (χ1) is 5.66. The highest BCUT2D eigenvalue weighted by Crippen LogP contribution is 1.91. The normalized spacial score (nSPS) is 9.42. The van der Waals surface area contributed by atoms with E-state index in [1.807, 2.05) is 0 Å². The number of carboxylic acid groups (broad SMARTS) is 1. The van der Waals surface area contributed by atoms with Crippen molar-refractivity contribution in [3.63, 3.8) is 0 Å². The second-order valence-corrected chi connectivity index (χ2v) is 2.26. The van der Waals surface area contributed by atoms with Gasteiger partial charge in [0.25, 0.3) is 0 Å². The van der Waals surface area contributed by atoms with E-state index in [9.17, 15) is 9.59 Å². The van der Waals surface area contributed by atoms with Crippen LogP contribution >= 0.6 is 0 Å². The van der Waals surface area contributed by atoms with Gasteiger partial charge >= 0.3 is 11.9 Å². The molecule has 0 aliphatic heterocycles. The molecule has 3 N–H and O–H groups in total. The van der Waals surface area contributed by atoms with E-state index >= 15 is 0 Å². The van der Waals surface area contributed by atoms with Gasteiger partial charge in [-0.1, -0.05) is 0 Å². The maximum Gasteiger partial charge on any atom is 0.307 e. The Labute approximate surface area is 70.5 Å². The molecule has 0 unspecified atom stereocenters. The SMILES string of the molecule is NCCC(=O)OCCCC(=O)O. The van der Waals surface area contributed by atoms with Crippen LogP contribution in [0.2, 0.25) is 0 Å². The monoisotopic (exact) mass is 175 g/mol. The number of carboxylic acids is 1. The molecule has 0 spiro atoms. The summed E-state index contributed by atoms with van der Waals surface area (Å²) in [7, 11) is 0. The minimum absolute atomic E-state index is 0.0237. The van der Waals surface area contributed by atoms with Crippen molar-refractivity contribution in [2.45, 2.75) is 19.3 Å². The molecule has 0 aliphatic carbocycles.